The number of carbonyl (C=O) groups is 1. The van der Waals surface area contributed by atoms with Gasteiger partial charge in [0.2, 0.25) is 10.0 Å². The molecule has 156 valence electrons. The summed E-state index contributed by atoms with van der Waals surface area (Å²) in [6, 6.07) is 6.84. The Hall–Kier alpha value is -1.52. The summed E-state index contributed by atoms with van der Waals surface area (Å²) in [6.45, 7) is 7.23. The van der Waals surface area contributed by atoms with E-state index >= 15 is 0 Å². The molecule has 1 aromatic rings. The molecule has 2 heterocycles. The lowest BCUT2D eigenvalue weighted by Crippen LogP contribution is -2.47. The highest BCUT2D eigenvalue weighted by Gasteiger charge is 2.25. The minimum Gasteiger partial charge on any atom is -0.379 e. The fourth-order valence-electron chi connectivity index (χ4n) is 3.37. The lowest BCUT2D eigenvalue weighted by Gasteiger charge is -2.31. The summed E-state index contributed by atoms with van der Waals surface area (Å²) in [7, 11) is -1.33. The summed E-state index contributed by atoms with van der Waals surface area (Å²) in [5, 5.41) is 2.92. The van der Waals surface area contributed by atoms with Crippen molar-refractivity contribution in [2.75, 3.05) is 72.6 Å². The van der Waals surface area contributed by atoms with E-state index in [0.29, 0.717) is 30.8 Å². The van der Waals surface area contributed by atoms with E-state index in [1.807, 2.05) is 7.05 Å². The average Bonchev–Trinajstić information content (AvgIpc) is 2.69. The molecule has 1 amide bonds. The Bertz CT molecular complexity index is 740. The Morgan fingerprint density at radius 3 is 2.32 bits per heavy atom. The SMILES string of the molecule is CN1CCN(S(=O)(=O)Cc2ccc(C(=O)NCCN3CCOCC3)cc2)CC1. The second kappa shape index (κ2) is 9.80. The molecule has 2 aliphatic heterocycles. The molecule has 0 aromatic heterocycles. The fraction of sp³-hybridized carbons (Fsp3) is 0.632. The van der Waals surface area contributed by atoms with Crippen molar-refractivity contribution in [2.24, 2.45) is 0 Å². The summed E-state index contributed by atoms with van der Waals surface area (Å²) in [6.07, 6.45) is 0. The number of hydrogen-bond donors (Lipinski definition) is 1. The molecule has 2 saturated heterocycles. The van der Waals surface area contributed by atoms with E-state index in [4.69, 9.17) is 4.74 Å². The van der Waals surface area contributed by atoms with Crippen LogP contribution in [-0.2, 0) is 20.5 Å². The number of nitrogens with one attached hydrogen (secondary N) is 1. The van der Waals surface area contributed by atoms with Gasteiger partial charge in [-0.15, -0.1) is 0 Å². The molecule has 3 rings (SSSR count). The van der Waals surface area contributed by atoms with E-state index in [-0.39, 0.29) is 11.7 Å². The van der Waals surface area contributed by atoms with E-state index in [1.165, 1.54) is 0 Å². The monoisotopic (exact) mass is 410 g/mol. The average molecular weight is 411 g/mol. The van der Waals surface area contributed by atoms with Gasteiger partial charge in [-0.1, -0.05) is 12.1 Å². The predicted octanol–water partition coefficient (Wildman–Crippen LogP) is -0.174. The van der Waals surface area contributed by atoms with Gasteiger partial charge in [0, 0.05) is 57.9 Å². The van der Waals surface area contributed by atoms with Gasteiger partial charge in [0.25, 0.3) is 5.91 Å². The normalized spacial score (nSPS) is 20.2. The lowest BCUT2D eigenvalue weighted by atomic mass is 10.1. The van der Waals surface area contributed by atoms with E-state index < -0.39 is 10.0 Å². The van der Waals surface area contributed by atoms with Gasteiger partial charge in [0.15, 0.2) is 0 Å². The molecular formula is C19H30N4O4S. The van der Waals surface area contributed by atoms with Gasteiger partial charge in [0.1, 0.15) is 0 Å². The van der Waals surface area contributed by atoms with Crippen molar-refractivity contribution >= 4 is 15.9 Å². The summed E-state index contributed by atoms with van der Waals surface area (Å²) in [4.78, 5) is 16.7. The molecule has 0 atom stereocenters. The number of carbonyl (C=O) groups excluding carboxylic acids is 1. The number of likely N-dealkylation sites (N-methyl/N-ethyl adjacent to an activating group) is 1. The predicted molar refractivity (Wildman–Crippen MR) is 108 cm³/mol. The number of morpholine rings is 1. The van der Waals surface area contributed by atoms with Gasteiger partial charge >= 0.3 is 0 Å². The van der Waals surface area contributed by atoms with Crippen molar-refractivity contribution in [2.45, 2.75) is 5.75 Å². The highest BCUT2D eigenvalue weighted by molar-refractivity contribution is 7.88. The van der Waals surface area contributed by atoms with Crippen LogP contribution in [0.4, 0.5) is 0 Å². The zero-order chi connectivity index (χ0) is 20.0. The highest BCUT2D eigenvalue weighted by Crippen LogP contribution is 2.14. The number of hydrogen-bond acceptors (Lipinski definition) is 6. The van der Waals surface area contributed by atoms with Crippen molar-refractivity contribution in [3.63, 3.8) is 0 Å². The highest BCUT2D eigenvalue weighted by atomic mass is 32.2. The first kappa shape index (κ1) is 21.2. The molecule has 0 unspecified atom stereocenters. The molecule has 0 saturated carbocycles. The third-order valence-corrected chi connectivity index (χ3v) is 7.09. The van der Waals surface area contributed by atoms with Crippen molar-refractivity contribution < 1.29 is 17.9 Å². The Kier molecular flexibility index (Phi) is 7.42. The molecule has 2 aliphatic rings. The second-order valence-electron chi connectivity index (χ2n) is 7.37. The molecule has 1 N–H and O–H groups in total. The first-order valence-electron chi connectivity index (χ1n) is 9.78. The zero-order valence-electron chi connectivity index (χ0n) is 16.5. The Morgan fingerprint density at radius 2 is 1.68 bits per heavy atom. The lowest BCUT2D eigenvalue weighted by molar-refractivity contribution is 0.0383. The quantitative estimate of drug-likeness (QED) is 0.672. The molecular weight excluding hydrogens is 380 g/mol. The first-order chi connectivity index (χ1) is 13.4. The number of sulfonamides is 1. The van der Waals surface area contributed by atoms with Gasteiger partial charge in [-0.25, -0.2) is 8.42 Å². The van der Waals surface area contributed by atoms with Crippen molar-refractivity contribution in [1.29, 1.82) is 0 Å². The minimum absolute atomic E-state index is 0.0321. The smallest absolute Gasteiger partial charge is 0.251 e. The van der Waals surface area contributed by atoms with Gasteiger partial charge in [-0.2, -0.15) is 4.31 Å². The maximum absolute atomic E-state index is 12.6. The van der Waals surface area contributed by atoms with E-state index in [2.05, 4.69) is 15.1 Å². The molecule has 0 radical (unpaired) electrons. The van der Waals surface area contributed by atoms with Gasteiger partial charge in [-0.05, 0) is 24.7 Å². The van der Waals surface area contributed by atoms with Crippen LogP contribution in [0, 0.1) is 0 Å². The molecule has 9 heteroatoms. The van der Waals surface area contributed by atoms with Crippen LogP contribution in [-0.4, -0.2) is 101 Å². The van der Waals surface area contributed by atoms with E-state index in [1.54, 1.807) is 28.6 Å². The van der Waals surface area contributed by atoms with Crippen LogP contribution in [0.1, 0.15) is 15.9 Å². The fourth-order valence-corrected chi connectivity index (χ4v) is 4.89. The molecule has 1 aromatic carbocycles. The van der Waals surface area contributed by atoms with Gasteiger partial charge in [-0.3, -0.25) is 9.69 Å². The van der Waals surface area contributed by atoms with E-state index in [0.717, 1.165) is 45.9 Å². The molecule has 8 nitrogen and oxygen atoms in total. The maximum atomic E-state index is 12.6. The van der Waals surface area contributed by atoms with Crippen LogP contribution in [0.2, 0.25) is 0 Å². The second-order valence-corrected chi connectivity index (χ2v) is 9.33. The van der Waals surface area contributed by atoms with Crippen LogP contribution in [0.15, 0.2) is 24.3 Å². The van der Waals surface area contributed by atoms with Crippen LogP contribution in [0.25, 0.3) is 0 Å². The first-order valence-corrected chi connectivity index (χ1v) is 11.4. The van der Waals surface area contributed by atoms with Crippen LogP contribution in [0.3, 0.4) is 0 Å². The van der Waals surface area contributed by atoms with Crippen LogP contribution < -0.4 is 5.32 Å². The van der Waals surface area contributed by atoms with Crippen LogP contribution in [0.5, 0.6) is 0 Å². The number of ether oxygens (including phenoxy) is 1. The number of amides is 1. The van der Waals surface area contributed by atoms with Crippen LogP contribution >= 0.6 is 0 Å². The molecule has 0 aliphatic carbocycles. The molecule has 2 fully saturated rings. The Balaban J connectivity index is 1.47. The standard InChI is InChI=1S/C19H30N4O4S/c1-21-8-10-23(11-9-21)28(25,26)16-17-2-4-18(5-3-17)19(24)20-6-7-22-12-14-27-15-13-22/h2-5H,6-16H2,1H3,(H,20,24). The van der Waals surface area contributed by atoms with Crippen molar-refractivity contribution in [1.82, 2.24) is 19.4 Å². The number of nitrogens with zero attached hydrogens (tertiary/aromatic N) is 3. The third kappa shape index (κ3) is 5.99. The summed E-state index contributed by atoms with van der Waals surface area (Å²) >= 11 is 0. The van der Waals surface area contributed by atoms with Gasteiger partial charge < -0.3 is 15.0 Å². The molecule has 28 heavy (non-hydrogen) atoms. The number of rotatable bonds is 7. The minimum atomic E-state index is -3.33. The van der Waals surface area contributed by atoms with E-state index in [9.17, 15) is 13.2 Å². The largest absolute Gasteiger partial charge is 0.379 e. The topological polar surface area (TPSA) is 82.2 Å². The summed E-state index contributed by atoms with van der Waals surface area (Å²) in [5.41, 5.74) is 1.24. The number of benzene rings is 1. The maximum Gasteiger partial charge on any atom is 0.251 e. The Labute approximate surface area is 167 Å². The molecule has 0 bridgehead atoms. The Morgan fingerprint density at radius 1 is 1.04 bits per heavy atom. The molecule has 0 spiro atoms. The summed E-state index contributed by atoms with van der Waals surface area (Å²) < 4.78 is 32.0. The third-order valence-electron chi connectivity index (χ3n) is 5.24. The summed E-state index contributed by atoms with van der Waals surface area (Å²) in [5.74, 6) is -0.169. The zero-order valence-corrected chi connectivity index (χ0v) is 17.3. The van der Waals surface area contributed by atoms with Crippen molar-refractivity contribution in [3.05, 3.63) is 35.4 Å². The number of piperazine rings is 1. The van der Waals surface area contributed by atoms with Gasteiger partial charge in [0.05, 0.1) is 19.0 Å². The van der Waals surface area contributed by atoms with Crippen molar-refractivity contribution in [3.8, 4) is 0 Å².